The third-order valence-electron chi connectivity index (χ3n) is 1.35. The fourth-order valence-corrected chi connectivity index (χ4v) is 0.955. The van der Waals surface area contributed by atoms with E-state index in [1.165, 1.54) is 12.1 Å². The van der Waals surface area contributed by atoms with Gasteiger partial charge in [-0.3, -0.25) is 0 Å². The van der Waals surface area contributed by atoms with Gasteiger partial charge in [0.05, 0.1) is 10.7 Å². The molecule has 1 rings (SSSR count). The summed E-state index contributed by atoms with van der Waals surface area (Å²) in [4.78, 5) is 3.58. The molecular formula is C7H7ClF2N2. The van der Waals surface area contributed by atoms with Gasteiger partial charge in [0.1, 0.15) is 5.69 Å². The van der Waals surface area contributed by atoms with Crippen molar-refractivity contribution in [1.82, 2.24) is 4.98 Å². The van der Waals surface area contributed by atoms with Gasteiger partial charge in [-0.05, 0) is 12.1 Å². The Balaban J connectivity index is 3.08. The minimum atomic E-state index is -2.65. The molecule has 1 heterocycles. The first-order chi connectivity index (χ1) is 5.65. The summed E-state index contributed by atoms with van der Waals surface area (Å²) in [5, 5.41) is -0.0257. The van der Waals surface area contributed by atoms with Crippen molar-refractivity contribution in [2.75, 3.05) is 0 Å². The van der Waals surface area contributed by atoms with E-state index in [-0.39, 0.29) is 11.6 Å². The lowest BCUT2D eigenvalue weighted by atomic mass is 10.3. The van der Waals surface area contributed by atoms with Crippen LogP contribution >= 0.6 is 11.6 Å². The number of nitrogens with two attached hydrogens (primary N) is 1. The maximum Gasteiger partial charge on any atom is 0.281 e. The number of pyridine rings is 1. The van der Waals surface area contributed by atoms with E-state index in [2.05, 4.69) is 4.98 Å². The molecule has 0 aliphatic rings. The van der Waals surface area contributed by atoms with Crippen LogP contribution in [0.2, 0.25) is 5.02 Å². The lowest BCUT2D eigenvalue weighted by molar-refractivity contribution is 0.146. The molecule has 0 amide bonds. The number of rotatable bonds is 2. The van der Waals surface area contributed by atoms with Gasteiger partial charge >= 0.3 is 0 Å². The molecule has 0 bridgehead atoms. The van der Waals surface area contributed by atoms with Crippen LogP contribution in [0.4, 0.5) is 8.78 Å². The van der Waals surface area contributed by atoms with E-state index in [0.717, 1.165) is 0 Å². The molecule has 0 aliphatic heterocycles. The normalized spacial score (nSPS) is 10.8. The quantitative estimate of drug-likeness (QED) is 0.780. The molecule has 0 saturated carbocycles. The van der Waals surface area contributed by atoms with E-state index in [0.29, 0.717) is 5.69 Å². The van der Waals surface area contributed by atoms with Gasteiger partial charge in [0.15, 0.2) is 0 Å². The van der Waals surface area contributed by atoms with Gasteiger partial charge in [0.25, 0.3) is 6.43 Å². The topological polar surface area (TPSA) is 38.9 Å². The molecule has 2 nitrogen and oxygen atoms in total. The summed E-state index contributed by atoms with van der Waals surface area (Å²) < 4.78 is 24.3. The minimum Gasteiger partial charge on any atom is -0.325 e. The van der Waals surface area contributed by atoms with Crippen molar-refractivity contribution in [2.45, 2.75) is 13.0 Å². The Bertz CT molecular complexity index is 278. The molecule has 0 aliphatic carbocycles. The van der Waals surface area contributed by atoms with Gasteiger partial charge < -0.3 is 5.73 Å². The van der Waals surface area contributed by atoms with E-state index in [1.807, 2.05) is 0 Å². The van der Waals surface area contributed by atoms with Crippen molar-refractivity contribution in [1.29, 1.82) is 0 Å². The highest BCUT2D eigenvalue weighted by Crippen LogP contribution is 2.24. The molecule has 0 spiro atoms. The van der Waals surface area contributed by atoms with Crippen LogP contribution in [0.15, 0.2) is 12.1 Å². The Morgan fingerprint density at radius 2 is 2.17 bits per heavy atom. The summed E-state index contributed by atoms with van der Waals surface area (Å²) in [6.07, 6.45) is -2.65. The number of hydrogen-bond donors (Lipinski definition) is 1. The number of halogens is 3. The first kappa shape index (κ1) is 9.35. The molecule has 0 saturated heterocycles. The minimum absolute atomic E-state index is 0.0257. The SMILES string of the molecule is NCc1ccc(Cl)c(C(F)F)n1. The lowest BCUT2D eigenvalue weighted by Crippen LogP contribution is -2.02. The molecule has 1 aromatic heterocycles. The molecule has 0 atom stereocenters. The third-order valence-corrected chi connectivity index (χ3v) is 1.67. The van der Waals surface area contributed by atoms with Gasteiger partial charge in [-0.2, -0.15) is 0 Å². The lowest BCUT2D eigenvalue weighted by Gasteiger charge is -2.03. The first-order valence-electron chi connectivity index (χ1n) is 3.28. The van der Waals surface area contributed by atoms with Crippen molar-refractivity contribution in [3.8, 4) is 0 Å². The summed E-state index contributed by atoms with van der Waals surface area (Å²) in [7, 11) is 0. The van der Waals surface area contributed by atoms with Gasteiger partial charge in [0.2, 0.25) is 0 Å². The summed E-state index contributed by atoms with van der Waals surface area (Å²) >= 11 is 5.46. The Morgan fingerprint density at radius 1 is 1.50 bits per heavy atom. The predicted molar refractivity (Wildman–Crippen MR) is 42.1 cm³/mol. The molecular weight excluding hydrogens is 186 g/mol. The average Bonchev–Trinajstić information content (AvgIpc) is 2.05. The highest BCUT2D eigenvalue weighted by molar-refractivity contribution is 6.31. The highest BCUT2D eigenvalue weighted by atomic mass is 35.5. The molecule has 12 heavy (non-hydrogen) atoms. The first-order valence-corrected chi connectivity index (χ1v) is 3.66. The zero-order valence-electron chi connectivity index (χ0n) is 6.10. The standard InChI is InChI=1S/C7H7ClF2N2/c8-5-2-1-4(3-11)12-6(5)7(9)10/h1-2,7H,3,11H2. The number of aromatic nitrogens is 1. The van der Waals surface area contributed by atoms with E-state index in [1.54, 1.807) is 0 Å². The molecule has 0 radical (unpaired) electrons. The summed E-state index contributed by atoms with van der Waals surface area (Å²) in [5.74, 6) is 0. The molecule has 0 fully saturated rings. The van der Waals surface area contributed by atoms with Crippen molar-refractivity contribution in [2.24, 2.45) is 5.73 Å². The Kier molecular flexibility index (Phi) is 2.94. The smallest absolute Gasteiger partial charge is 0.281 e. The van der Waals surface area contributed by atoms with Crippen LogP contribution in [-0.4, -0.2) is 4.98 Å². The maximum atomic E-state index is 12.2. The van der Waals surface area contributed by atoms with Gasteiger partial charge in [-0.15, -0.1) is 0 Å². The molecule has 0 unspecified atom stereocenters. The Hall–Kier alpha value is -0.740. The van der Waals surface area contributed by atoms with Crippen molar-refractivity contribution in [3.63, 3.8) is 0 Å². The number of hydrogen-bond acceptors (Lipinski definition) is 2. The molecule has 5 heteroatoms. The predicted octanol–water partition coefficient (Wildman–Crippen LogP) is 2.13. The summed E-state index contributed by atoms with van der Waals surface area (Å²) in [6, 6.07) is 2.90. The zero-order valence-corrected chi connectivity index (χ0v) is 6.85. The van der Waals surface area contributed by atoms with E-state index < -0.39 is 12.1 Å². The van der Waals surface area contributed by atoms with E-state index in [4.69, 9.17) is 17.3 Å². The molecule has 66 valence electrons. The zero-order chi connectivity index (χ0) is 9.14. The fraction of sp³-hybridized carbons (Fsp3) is 0.286. The van der Waals surface area contributed by atoms with Gasteiger partial charge in [-0.25, -0.2) is 13.8 Å². The van der Waals surface area contributed by atoms with Crippen LogP contribution in [-0.2, 0) is 6.54 Å². The largest absolute Gasteiger partial charge is 0.325 e. The summed E-state index contributed by atoms with van der Waals surface area (Å²) in [6.45, 7) is 0.136. The van der Waals surface area contributed by atoms with Crippen LogP contribution in [0, 0.1) is 0 Å². The van der Waals surface area contributed by atoms with Crippen LogP contribution in [0.25, 0.3) is 0 Å². The van der Waals surface area contributed by atoms with E-state index in [9.17, 15) is 8.78 Å². The van der Waals surface area contributed by atoms with Crippen molar-refractivity contribution >= 4 is 11.6 Å². The molecule has 2 N–H and O–H groups in total. The Labute approximate surface area is 73.4 Å². The van der Waals surface area contributed by atoms with Crippen molar-refractivity contribution < 1.29 is 8.78 Å². The number of alkyl halides is 2. The highest BCUT2D eigenvalue weighted by Gasteiger charge is 2.13. The third kappa shape index (κ3) is 1.89. The van der Waals surface area contributed by atoms with Crippen LogP contribution < -0.4 is 5.73 Å². The second kappa shape index (κ2) is 3.78. The molecule has 0 aromatic carbocycles. The maximum absolute atomic E-state index is 12.2. The Morgan fingerprint density at radius 3 is 2.67 bits per heavy atom. The second-order valence-corrected chi connectivity index (χ2v) is 2.58. The van der Waals surface area contributed by atoms with Gasteiger partial charge in [-0.1, -0.05) is 11.6 Å². The number of nitrogens with zero attached hydrogens (tertiary/aromatic N) is 1. The van der Waals surface area contributed by atoms with Crippen LogP contribution in [0.1, 0.15) is 17.8 Å². The van der Waals surface area contributed by atoms with Crippen LogP contribution in [0.5, 0.6) is 0 Å². The van der Waals surface area contributed by atoms with Crippen LogP contribution in [0.3, 0.4) is 0 Å². The summed E-state index contributed by atoms with van der Waals surface area (Å²) in [5.41, 5.74) is 5.23. The average molecular weight is 193 g/mol. The fourth-order valence-electron chi connectivity index (χ4n) is 0.767. The van der Waals surface area contributed by atoms with Gasteiger partial charge in [0, 0.05) is 6.54 Å². The molecule has 1 aromatic rings. The van der Waals surface area contributed by atoms with E-state index >= 15 is 0 Å². The second-order valence-electron chi connectivity index (χ2n) is 2.17. The van der Waals surface area contributed by atoms with Crippen molar-refractivity contribution in [3.05, 3.63) is 28.5 Å². The monoisotopic (exact) mass is 192 g/mol.